The molecular weight excluding hydrogens is 543 g/mol. The van der Waals surface area contributed by atoms with Gasteiger partial charge in [-0.05, 0) is 37.7 Å². The molecule has 218 valence electrons. The first-order valence-electron chi connectivity index (χ1n) is 13.0. The zero-order valence-corrected chi connectivity index (χ0v) is 22.5. The molecule has 41 heavy (non-hydrogen) atoms. The number of nitro groups is 1. The zero-order valence-electron chi connectivity index (χ0n) is 22.5. The quantitative estimate of drug-likeness (QED) is 0.128. The standard InChI is InChI=1S/C28H30F3N5O5/c1-4-6-15-27(28(29,30)31,40-18-19-12-8-7-9-13-19)26-34-33-25(41-26)23-24(36(37)38)21(39-3)17-22(32-23)35-16-10-14-20(35)11-5-2/h4-5,7-9,12-13,17,20H,1-2,6,10-11,14-16,18H2,3H3/t20-,27?/m1/s1. The molecule has 2 aromatic heterocycles. The van der Waals surface area contributed by atoms with Crippen molar-refractivity contribution in [2.75, 3.05) is 18.6 Å². The maximum atomic E-state index is 14.8. The molecule has 10 nitrogen and oxygen atoms in total. The molecule has 0 N–H and O–H groups in total. The van der Waals surface area contributed by atoms with Gasteiger partial charge in [0.05, 0.1) is 18.6 Å². The number of aromatic nitrogens is 3. The number of nitrogens with zero attached hydrogens (tertiary/aromatic N) is 5. The van der Waals surface area contributed by atoms with Gasteiger partial charge in [0.15, 0.2) is 0 Å². The van der Waals surface area contributed by atoms with Crippen LogP contribution in [-0.2, 0) is 16.9 Å². The Balaban J connectivity index is 1.83. The number of hydrogen-bond acceptors (Lipinski definition) is 9. The highest BCUT2D eigenvalue weighted by Crippen LogP contribution is 2.47. The third-order valence-corrected chi connectivity index (χ3v) is 6.92. The van der Waals surface area contributed by atoms with E-state index in [9.17, 15) is 23.3 Å². The average molecular weight is 574 g/mol. The van der Waals surface area contributed by atoms with Crippen LogP contribution in [0, 0.1) is 10.1 Å². The number of anilines is 1. The van der Waals surface area contributed by atoms with Crippen molar-refractivity contribution in [1.82, 2.24) is 15.2 Å². The van der Waals surface area contributed by atoms with Gasteiger partial charge in [-0.15, -0.1) is 23.4 Å². The van der Waals surface area contributed by atoms with Gasteiger partial charge in [0.25, 0.3) is 11.8 Å². The highest BCUT2D eigenvalue weighted by atomic mass is 19.4. The summed E-state index contributed by atoms with van der Waals surface area (Å²) >= 11 is 0. The van der Waals surface area contributed by atoms with Crippen molar-refractivity contribution in [1.29, 1.82) is 0 Å². The third-order valence-electron chi connectivity index (χ3n) is 6.92. The molecule has 1 aromatic carbocycles. The van der Waals surface area contributed by atoms with Crippen LogP contribution in [0.3, 0.4) is 0 Å². The number of benzene rings is 1. The molecule has 1 saturated heterocycles. The molecule has 0 bridgehead atoms. The maximum absolute atomic E-state index is 14.8. The van der Waals surface area contributed by atoms with Crippen LogP contribution in [0.15, 0.2) is 66.1 Å². The molecular formula is C28H30F3N5O5. The van der Waals surface area contributed by atoms with Crippen molar-refractivity contribution in [2.45, 2.75) is 56.5 Å². The van der Waals surface area contributed by atoms with E-state index in [-0.39, 0.29) is 18.2 Å². The average Bonchev–Trinajstić information content (AvgIpc) is 3.63. The normalized spacial score (nSPS) is 16.8. The smallest absolute Gasteiger partial charge is 0.426 e. The summed E-state index contributed by atoms with van der Waals surface area (Å²) in [4.78, 5) is 17.7. The highest BCUT2D eigenvalue weighted by molar-refractivity contribution is 5.72. The maximum Gasteiger partial charge on any atom is 0.426 e. The first-order valence-corrected chi connectivity index (χ1v) is 13.0. The zero-order chi connectivity index (χ0) is 29.6. The summed E-state index contributed by atoms with van der Waals surface area (Å²) in [5.41, 5.74) is -3.54. The van der Waals surface area contributed by atoms with Crippen LogP contribution in [0.4, 0.5) is 24.7 Å². The van der Waals surface area contributed by atoms with Gasteiger partial charge in [0.1, 0.15) is 5.82 Å². The lowest BCUT2D eigenvalue weighted by molar-refractivity contribution is -0.385. The predicted molar refractivity (Wildman–Crippen MR) is 144 cm³/mol. The number of methoxy groups -OCH3 is 1. The molecule has 1 aliphatic rings. The Morgan fingerprint density at radius 2 is 1.98 bits per heavy atom. The Hall–Kier alpha value is -4.26. The second kappa shape index (κ2) is 12.5. The van der Waals surface area contributed by atoms with Gasteiger partial charge >= 0.3 is 11.9 Å². The second-order valence-corrected chi connectivity index (χ2v) is 9.49. The lowest BCUT2D eigenvalue weighted by atomic mass is 9.96. The van der Waals surface area contributed by atoms with Gasteiger partial charge in [0, 0.05) is 18.7 Å². The van der Waals surface area contributed by atoms with Crippen LogP contribution in [0.1, 0.15) is 43.6 Å². The SMILES string of the molecule is C=CCCC(OCc1ccccc1)(c1nnc(-c2nc(N3CCC[C@H]3CC=C)cc(OC)c2[N+](=O)[O-])o1)C(F)(F)F. The fourth-order valence-electron chi connectivity index (χ4n) is 4.86. The molecule has 1 unspecified atom stereocenters. The fraction of sp³-hybridized carbons (Fsp3) is 0.393. The minimum atomic E-state index is -4.99. The molecule has 1 fully saturated rings. The molecule has 3 aromatic rings. The Morgan fingerprint density at radius 1 is 1.22 bits per heavy atom. The highest BCUT2D eigenvalue weighted by Gasteiger charge is 2.61. The van der Waals surface area contributed by atoms with E-state index in [2.05, 4.69) is 28.3 Å². The first-order chi connectivity index (χ1) is 19.6. The largest absolute Gasteiger partial charge is 0.490 e. The van der Waals surface area contributed by atoms with Gasteiger partial charge in [-0.2, -0.15) is 13.2 Å². The van der Waals surface area contributed by atoms with Gasteiger partial charge in [-0.25, -0.2) is 4.98 Å². The van der Waals surface area contributed by atoms with E-state index in [1.807, 2.05) is 4.90 Å². The number of pyridine rings is 1. The summed E-state index contributed by atoms with van der Waals surface area (Å²) in [5.74, 6) is -1.28. The minimum absolute atomic E-state index is 0.0421. The minimum Gasteiger partial charge on any atom is -0.490 e. The number of hydrogen-bond donors (Lipinski definition) is 0. The lowest BCUT2D eigenvalue weighted by Crippen LogP contribution is -2.45. The molecule has 3 heterocycles. The number of alkyl halides is 3. The van der Waals surface area contributed by atoms with Crippen molar-refractivity contribution in [2.24, 2.45) is 0 Å². The number of allylic oxidation sites excluding steroid dienone is 1. The number of halogens is 3. The van der Waals surface area contributed by atoms with E-state index >= 15 is 0 Å². The van der Waals surface area contributed by atoms with Crippen molar-refractivity contribution >= 4 is 11.5 Å². The van der Waals surface area contributed by atoms with Crippen molar-refractivity contribution in [3.63, 3.8) is 0 Å². The first kappa shape index (κ1) is 29.7. The van der Waals surface area contributed by atoms with Crippen LogP contribution in [0.25, 0.3) is 11.6 Å². The topological polar surface area (TPSA) is 117 Å². The van der Waals surface area contributed by atoms with Gasteiger partial charge < -0.3 is 18.8 Å². The van der Waals surface area contributed by atoms with Gasteiger partial charge in [0.2, 0.25) is 17.0 Å². The van der Waals surface area contributed by atoms with E-state index in [0.29, 0.717) is 24.3 Å². The predicted octanol–water partition coefficient (Wildman–Crippen LogP) is 6.53. The fourth-order valence-corrected chi connectivity index (χ4v) is 4.86. The van der Waals surface area contributed by atoms with Crippen LogP contribution >= 0.6 is 0 Å². The molecule has 4 rings (SSSR count). The van der Waals surface area contributed by atoms with Gasteiger partial charge in [-0.3, -0.25) is 10.1 Å². The summed E-state index contributed by atoms with van der Waals surface area (Å²) in [6.07, 6.45) is -0.235. The van der Waals surface area contributed by atoms with Crippen molar-refractivity contribution < 1.29 is 32.0 Å². The van der Waals surface area contributed by atoms with E-state index in [1.54, 1.807) is 36.4 Å². The summed E-state index contributed by atoms with van der Waals surface area (Å²) in [6, 6.07) is 9.79. The third kappa shape index (κ3) is 6.09. The van der Waals surface area contributed by atoms with Crippen molar-refractivity contribution in [3.8, 4) is 17.3 Å². The summed E-state index contributed by atoms with van der Waals surface area (Å²) in [6.45, 7) is 7.53. The molecule has 0 radical (unpaired) electrons. The Labute approximate surface area is 234 Å². The molecule has 0 spiro atoms. The van der Waals surface area contributed by atoms with E-state index in [0.717, 1.165) is 12.8 Å². The molecule has 0 saturated carbocycles. The molecule has 2 atom stereocenters. The number of ether oxygens (including phenoxy) is 2. The number of rotatable bonds is 13. The van der Waals surface area contributed by atoms with E-state index in [1.165, 1.54) is 19.3 Å². The summed E-state index contributed by atoms with van der Waals surface area (Å²) < 4.78 is 60.7. The molecule has 0 aliphatic carbocycles. The second-order valence-electron chi connectivity index (χ2n) is 9.49. The van der Waals surface area contributed by atoms with Crippen LogP contribution < -0.4 is 9.64 Å². The van der Waals surface area contributed by atoms with E-state index in [4.69, 9.17) is 13.9 Å². The Kier molecular flexibility index (Phi) is 9.06. The van der Waals surface area contributed by atoms with Gasteiger partial charge in [-0.1, -0.05) is 42.5 Å². The van der Waals surface area contributed by atoms with Crippen LogP contribution in [-0.4, -0.2) is 46.0 Å². The summed E-state index contributed by atoms with van der Waals surface area (Å²) in [5, 5.41) is 19.6. The molecule has 13 heteroatoms. The lowest BCUT2D eigenvalue weighted by Gasteiger charge is -2.32. The Bertz CT molecular complexity index is 1380. The van der Waals surface area contributed by atoms with Crippen LogP contribution in [0.5, 0.6) is 5.75 Å². The van der Waals surface area contributed by atoms with E-state index < -0.39 is 52.9 Å². The summed E-state index contributed by atoms with van der Waals surface area (Å²) in [7, 11) is 1.25. The Morgan fingerprint density at radius 3 is 2.61 bits per heavy atom. The van der Waals surface area contributed by atoms with Crippen molar-refractivity contribution in [3.05, 3.63) is 83.3 Å². The molecule has 0 amide bonds. The van der Waals surface area contributed by atoms with Crippen LogP contribution in [0.2, 0.25) is 0 Å². The monoisotopic (exact) mass is 573 g/mol. The molecule has 1 aliphatic heterocycles.